The Balaban J connectivity index is 3.78. The van der Waals surface area contributed by atoms with Gasteiger partial charge in [0.15, 0.2) is 11.6 Å². The van der Waals surface area contributed by atoms with Gasteiger partial charge in [-0.1, -0.05) is 41.5 Å². The Morgan fingerprint density at radius 3 is 1.29 bits per heavy atom. The molecule has 3 nitrogen and oxygen atoms in total. The number of rotatable bonds is 6. The highest BCUT2D eigenvalue weighted by Gasteiger charge is 2.18. The van der Waals surface area contributed by atoms with Gasteiger partial charge in [0.2, 0.25) is 0 Å². The van der Waals surface area contributed by atoms with Crippen molar-refractivity contribution < 1.29 is 14.3 Å². The van der Waals surface area contributed by atoms with Crippen LogP contribution < -0.4 is 0 Å². The molecule has 0 aromatic rings. The van der Waals surface area contributed by atoms with Crippen LogP contribution in [0.2, 0.25) is 0 Å². The summed E-state index contributed by atoms with van der Waals surface area (Å²) < 4.78 is 5.15. The maximum atomic E-state index is 11.5. The average Bonchev–Trinajstić information content (AvgIpc) is 1.95. The van der Waals surface area contributed by atoms with Crippen LogP contribution in [-0.2, 0) is 14.3 Å². The summed E-state index contributed by atoms with van der Waals surface area (Å²) in [6, 6.07) is 0. The van der Waals surface area contributed by atoms with Crippen LogP contribution in [0.1, 0.15) is 54.4 Å². The Hall–Kier alpha value is -0.700. The molecule has 0 spiro atoms. The van der Waals surface area contributed by atoms with Crippen LogP contribution in [0.3, 0.4) is 0 Å². The fourth-order valence-corrected chi connectivity index (χ4v) is 1.56. The molecule has 0 aliphatic heterocycles. The van der Waals surface area contributed by atoms with Crippen molar-refractivity contribution in [1.29, 1.82) is 0 Å². The Bertz CT molecular complexity index is 238. The lowest BCUT2D eigenvalue weighted by Crippen LogP contribution is -2.21. The van der Waals surface area contributed by atoms with E-state index in [1.807, 2.05) is 41.5 Å². The first-order valence-electron chi connectivity index (χ1n) is 6.11. The first kappa shape index (κ1) is 16.3. The molecule has 100 valence electrons. The van der Waals surface area contributed by atoms with Crippen LogP contribution in [0.4, 0.5) is 0 Å². The van der Waals surface area contributed by atoms with Gasteiger partial charge >= 0.3 is 0 Å². The monoisotopic (exact) mass is 242 g/mol. The molecule has 0 aliphatic carbocycles. The second kappa shape index (κ2) is 6.29. The molecule has 0 N–H and O–H groups in total. The van der Waals surface area contributed by atoms with E-state index in [-0.39, 0.29) is 35.6 Å². The van der Waals surface area contributed by atoms with Crippen LogP contribution in [0, 0.1) is 10.8 Å². The minimum atomic E-state index is -0.0180. The van der Waals surface area contributed by atoms with Gasteiger partial charge in [0.05, 0.1) is 0 Å². The van der Waals surface area contributed by atoms with Crippen molar-refractivity contribution in [2.75, 3.05) is 13.2 Å². The molecule has 0 fully saturated rings. The van der Waals surface area contributed by atoms with Crippen LogP contribution >= 0.6 is 0 Å². The van der Waals surface area contributed by atoms with E-state index in [4.69, 9.17) is 4.74 Å². The van der Waals surface area contributed by atoms with Crippen LogP contribution in [0.25, 0.3) is 0 Å². The molecule has 0 aromatic heterocycles. The third-order valence-electron chi connectivity index (χ3n) is 1.98. The molecule has 0 bridgehead atoms. The highest BCUT2D eigenvalue weighted by molar-refractivity contribution is 5.82. The van der Waals surface area contributed by atoms with Crippen molar-refractivity contribution in [3.05, 3.63) is 0 Å². The fraction of sp³-hybridized carbons (Fsp3) is 0.857. The van der Waals surface area contributed by atoms with Crippen LogP contribution in [0.5, 0.6) is 0 Å². The Morgan fingerprint density at radius 2 is 1.06 bits per heavy atom. The molecule has 0 unspecified atom stereocenters. The highest BCUT2D eigenvalue weighted by Crippen LogP contribution is 2.19. The quantitative estimate of drug-likeness (QED) is 0.719. The Kier molecular flexibility index (Phi) is 6.03. The summed E-state index contributed by atoms with van der Waals surface area (Å²) >= 11 is 0. The molecule has 0 aliphatic rings. The van der Waals surface area contributed by atoms with Crippen molar-refractivity contribution >= 4 is 11.6 Å². The Labute approximate surface area is 105 Å². The molecule has 0 amide bonds. The van der Waals surface area contributed by atoms with Gasteiger partial charge in [-0.25, -0.2) is 0 Å². The third-order valence-corrected chi connectivity index (χ3v) is 1.98. The lowest BCUT2D eigenvalue weighted by molar-refractivity contribution is -0.130. The van der Waals surface area contributed by atoms with Crippen LogP contribution in [-0.4, -0.2) is 24.8 Å². The summed E-state index contributed by atoms with van der Waals surface area (Å²) in [5.41, 5.74) is -0.0360. The van der Waals surface area contributed by atoms with Gasteiger partial charge in [0, 0.05) is 12.8 Å². The van der Waals surface area contributed by atoms with E-state index in [9.17, 15) is 9.59 Å². The lowest BCUT2D eigenvalue weighted by atomic mass is 9.90. The fourth-order valence-electron chi connectivity index (χ4n) is 1.56. The van der Waals surface area contributed by atoms with E-state index >= 15 is 0 Å². The number of Topliss-reactive ketones (excluding diaryl/α,β-unsaturated/α-hetero) is 2. The van der Waals surface area contributed by atoms with E-state index in [2.05, 4.69) is 0 Å². The van der Waals surface area contributed by atoms with Crippen molar-refractivity contribution in [3.8, 4) is 0 Å². The molecule has 0 saturated heterocycles. The molecule has 0 saturated carbocycles. The highest BCUT2D eigenvalue weighted by atomic mass is 16.5. The number of hydrogen-bond acceptors (Lipinski definition) is 3. The predicted octanol–water partition coefficient (Wildman–Crippen LogP) is 3.01. The summed E-state index contributed by atoms with van der Waals surface area (Å²) in [6.07, 6.45) is 0.973. The van der Waals surface area contributed by atoms with Gasteiger partial charge in [-0.15, -0.1) is 0 Å². The molecular weight excluding hydrogens is 216 g/mol. The molecule has 0 atom stereocenters. The number of ketones is 2. The van der Waals surface area contributed by atoms with E-state index < -0.39 is 0 Å². The van der Waals surface area contributed by atoms with E-state index in [1.165, 1.54) is 0 Å². The van der Waals surface area contributed by atoms with Gasteiger partial charge in [-0.2, -0.15) is 0 Å². The van der Waals surface area contributed by atoms with Gasteiger partial charge in [0.25, 0.3) is 0 Å². The van der Waals surface area contributed by atoms with Crippen molar-refractivity contribution in [1.82, 2.24) is 0 Å². The largest absolute Gasteiger partial charge is 0.366 e. The maximum absolute atomic E-state index is 11.5. The Morgan fingerprint density at radius 1 is 0.765 bits per heavy atom. The van der Waals surface area contributed by atoms with Crippen molar-refractivity contribution in [3.63, 3.8) is 0 Å². The third kappa shape index (κ3) is 11.6. The molecule has 0 rings (SSSR count). The maximum Gasteiger partial charge on any atom is 0.159 e. The second-order valence-electron chi connectivity index (χ2n) is 7.05. The zero-order valence-electron chi connectivity index (χ0n) is 12.1. The molecule has 0 heterocycles. The molecule has 0 aromatic carbocycles. The SMILES string of the molecule is CC(C)(C)CC(=O)COCC(=O)CC(C)(C)C. The average molecular weight is 242 g/mol. The van der Waals surface area contributed by atoms with Gasteiger partial charge in [-0.3, -0.25) is 9.59 Å². The first-order chi connectivity index (χ1) is 7.49. The predicted molar refractivity (Wildman–Crippen MR) is 69.0 cm³/mol. The van der Waals surface area contributed by atoms with E-state index in [1.54, 1.807) is 0 Å². The molecule has 0 radical (unpaired) electrons. The molecular formula is C14H26O3. The summed E-state index contributed by atoms with van der Waals surface area (Å²) in [6.45, 7) is 12.2. The smallest absolute Gasteiger partial charge is 0.159 e. The zero-order chi connectivity index (χ0) is 13.7. The first-order valence-corrected chi connectivity index (χ1v) is 6.11. The van der Waals surface area contributed by atoms with Gasteiger partial charge < -0.3 is 4.74 Å². The normalized spacial score (nSPS) is 12.6. The number of carbonyl (C=O) groups excluding carboxylic acids is 2. The number of hydrogen-bond donors (Lipinski definition) is 0. The second-order valence-corrected chi connectivity index (χ2v) is 7.05. The topological polar surface area (TPSA) is 43.4 Å². The van der Waals surface area contributed by atoms with Gasteiger partial charge in [-0.05, 0) is 10.8 Å². The standard InChI is InChI=1S/C14H26O3/c1-13(2,3)7-11(15)9-17-10-12(16)8-14(4,5)6/h7-10H2,1-6H3. The van der Waals surface area contributed by atoms with Crippen molar-refractivity contribution in [2.24, 2.45) is 10.8 Å². The minimum Gasteiger partial charge on any atom is -0.366 e. The van der Waals surface area contributed by atoms with Crippen molar-refractivity contribution in [2.45, 2.75) is 54.4 Å². The number of ether oxygens (including phenoxy) is 1. The van der Waals surface area contributed by atoms with Crippen LogP contribution in [0.15, 0.2) is 0 Å². The van der Waals surface area contributed by atoms with E-state index in [0.717, 1.165) is 0 Å². The lowest BCUT2D eigenvalue weighted by Gasteiger charge is -2.18. The summed E-state index contributed by atoms with van der Waals surface area (Å²) in [7, 11) is 0. The number of carbonyl (C=O) groups is 2. The summed E-state index contributed by atoms with van der Waals surface area (Å²) in [5, 5.41) is 0. The molecule has 3 heteroatoms. The molecule has 17 heavy (non-hydrogen) atoms. The zero-order valence-corrected chi connectivity index (χ0v) is 12.1. The van der Waals surface area contributed by atoms with E-state index in [0.29, 0.717) is 12.8 Å². The van der Waals surface area contributed by atoms with Gasteiger partial charge in [0.1, 0.15) is 13.2 Å². The summed E-state index contributed by atoms with van der Waals surface area (Å²) in [4.78, 5) is 23.0. The minimum absolute atomic E-state index is 0.0180. The summed E-state index contributed by atoms with van der Waals surface area (Å²) in [5.74, 6) is 0.113.